The molecule has 1 aliphatic rings. The van der Waals surface area contributed by atoms with Crippen LogP contribution in [-0.2, 0) is 0 Å². The Morgan fingerprint density at radius 3 is 2.79 bits per heavy atom. The minimum absolute atomic E-state index is 0.771. The summed E-state index contributed by atoms with van der Waals surface area (Å²) < 4.78 is 0. The first kappa shape index (κ1) is 12.0. The predicted molar refractivity (Wildman–Crippen MR) is 62.5 cm³/mol. The molecule has 84 valence electrons. The Balaban J connectivity index is 2.35. The molecule has 1 aliphatic heterocycles. The van der Waals surface area contributed by atoms with E-state index in [4.69, 9.17) is 0 Å². The molecular weight excluding hydrogens is 172 g/mol. The summed E-state index contributed by atoms with van der Waals surface area (Å²) in [5, 5.41) is 3.26. The van der Waals surface area contributed by atoms with Gasteiger partial charge in [0.2, 0.25) is 0 Å². The third-order valence-corrected chi connectivity index (χ3v) is 3.60. The molecule has 3 unspecified atom stereocenters. The number of nitrogens with one attached hydrogen (secondary N) is 1. The molecule has 0 aliphatic carbocycles. The number of piperidine rings is 1. The van der Waals surface area contributed by atoms with Crippen LogP contribution in [0, 0.1) is 11.8 Å². The van der Waals surface area contributed by atoms with Gasteiger partial charge in [0.1, 0.15) is 0 Å². The first-order valence-corrected chi connectivity index (χ1v) is 6.03. The first-order valence-electron chi connectivity index (χ1n) is 6.03. The molecule has 0 aromatic carbocycles. The summed E-state index contributed by atoms with van der Waals surface area (Å²) in [7, 11) is 2.04. The van der Waals surface area contributed by atoms with Crippen molar-refractivity contribution in [3.8, 4) is 0 Å². The van der Waals surface area contributed by atoms with Crippen molar-refractivity contribution in [3.05, 3.63) is 0 Å². The van der Waals surface area contributed by atoms with Crippen LogP contribution in [0.1, 0.15) is 33.6 Å². The highest BCUT2D eigenvalue weighted by molar-refractivity contribution is 4.79. The van der Waals surface area contributed by atoms with Crippen LogP contribution in [0.2, 0.25) is 0 Å². The van der Waals surface area contributed by atoms with Gasteiger partial charge in [-0.15, -0.1) is 0 Å². The lowest BCUT2D eigenvalue weighted by Gasteiger charge is -2.39. The van der Waals surface area contributed by atoms with Gasteiger partial charge in [-0.05, 0) is 51.7 Å². The molecule has 1 N–H and O–H groups in total. The summed E-state index contributed by atoms with van der Waals surface area (Å²) in [5.74, 6) is 1.65. The van der Waals surface area contributed by atoms with E-state index in [-0.39, 0.29) is 0 Å². The Morgan fingerprint density at radius 1 is 1.43 bits per heavy atom. The Morgan fingerprint density at radius 2 is 2.14 bits per heavy atom. The van der Waals surface area contributed by atoms with Crippen molar-refractivity contribution in [2.45, 2.75) is 39.7 Å². The van der Waals surface area contributed by atoms with E-state index < -0.39 is 0 Å². The highest BCUT2D eigenvalue weighted by atomic mass is 15.2. The van der Waals surface area contributed by atoms with Crippen molar-refractivity contribution < 1.29 is 0 Å². The monoisotopic (exact) mass is 198 g/mol. The van der Waals surface area contributed by atoms with Crippen molar-refractivity contribution in [2.75, 3.05) is 26.7 Å². The molecule has 14 heavy (non-hydrogen) atoms. The highest BCUT2D eigenvalue weighted by Gasteiger charge is 2.25. The van der Waals surface area contributed by atoms with E-state index in [1.54, 1.807) is 0 Å². The van der Waals surface area contributed by atoms with Gasteiger partial charge >= 0.3 is 0 Å². The number of rotatable bonds is 4. The van der Waals surface area contributed by atoms with E-state index in [0.717, 1.165) is 24.4 Å². The van der Waals surface area contributed by atoms with Gasteiger partial charge in [0.25, 0.3) is 0 Å². The summed E-state index contributed by atoms with van der Waals surface area (Å²) in [4.78, 5) is 2.66. The van der Waals surface area contributed by atoms with Crippen LogP contribution >= 0.6 is 0 Å². The highest BCUT2D eigenvalue weighted by Crippen LogP contribution is 2.23. The molecule has 1 fully saturated rings. The van der Waals surface area contributed by atoms with Crippen LogP contribution in [0.4, 0.5) is 0 Å². The second-order valence-electron chi connectivity index (χ2n) is 5.02. The summed E-state index contributed by atoms with van der Waals surface area (Å²) >= 11 is 0. The molecular formula is C12H26N2. The summed E-state index contributed by atoms with van der Waals surface area (Å²) in [6, 6.07) is 0.781. The molecule has 2 heteroatoms. The topological polar surface area (TPSA) is 15.3 Å². The quantitative estimate of drug-likeness (QED) is 0.743. The predicted octanol–water partition coefficient (Wildman–Crippen LogP) is 1.96. The van der Waals surface area contributed by atoms with Crippen molar-refractivity contribution >= 4 is 0 Å². The van der Waals surface area contributed by atoms with Gasteiger partial charge in [-0.2, -0.15) is 0 Å². The van der Waals surface area contributed by atoms with Gasteiger partial charge < -0.3 is 10.2 Å². The van der Waals surface area contributed by atoms with Gasteiger partial charge in [-0.3, -0.25) is 0 Å². The van der Waals surface area contributed by atoms with Gasteiger partial charge in [-0.25, -0.2) is 0 Å². The fourth-order valence-electron chi connectivity index (χ4n) is 2.49. The Labute approximate surface area is 89.1 Å². The average Bonchev–Trinajstić information content (AvgIpc) is 2.13. The molecule has 0 amide bonds. The van der Waals surface area contributed by atoms with E-state index in [9.17, 15) is 0 Å². The second-order valence-corrected chi connectivity index (χ2v) is 5.02. The fraction of sp³-hybridized carbons (Fsp3) is 1.00. The van der Waals surface area contributed by atoms with E-state index in [1.807, 2.05) is 7.05 Å². The number of nitrogens with zero attached hydrogens (tertiary/aromatic N) is 1. The Bertz CT molecular complexity index is 158. The molecule has 1 rings (SSSR count). The molecule has 1 saturated heterocycles. The number of likely N-dealkylation sites (tertiary alicyclic amines) is 1. The van der Waals surface area contributed by atoms with Gasteiger partial charge in [0.05, 0.1) is 0 Å². The lowest BCUT2D eigenvalue weighted by molar-refractivity contribution is 0.0982. The average molecular weight is 198 g/mol. The normalized spacial score (nSPS) is 31.7. The molecule has 2 nitrogen and oxygen atoms in total. The smallest absolute Gasteiger partial charge is 0.00926 e. The van der Waals surface area contributed by atoms with Gasteiger partial charge in [0.15, 0.2) is 0 Å². The lowest BCUT2D eigenvalue weighted by atomic mass is 9.91. The minimum atomic E-state index is 0.771. The Hall–Kier alpha value is -0.0800. The van der Waals surface area contributed by atoms with Crippen molar-refractivity contribution in [1.82, 2.24) is 10.2 Å². The lowest BCUT2D eigenvalue weighted by Crippen LogP contribution is -2.45. The molecule has 0 radical (unpaired) electrons. The SMILES string of the molecule is CNCC(C)CN1CCCC(C)C1C. The van der Waals surface area contributed by atoms with Crippen LogP contribution < -0.4 is 5.32 Å². The van der Waals surface area contributed by atoms with Crippen LogP contribution in [0.5, 0.6) is 0 Å². The molecule has 3 atom stereocenters. The van der Waals surface area contributed by atoms with Crippen LogP contribution in [0.3, 0.4) is 0 Å². The Kier molecular flexibility index (Phi) is 4.90. The number of hydrogen-bond acceptors (Lipinski definition) is 2. The zero-order valence-electron chi connectivity index (χ0n) is 10.2. The van der Waals surface area contributed by atoms with Crippen molar-refractivity contribution in [3.63, 3.8) is 0 Å². The molecule has 0 saturated carbocycles. The molecule has 0 aromatic rings. The second kappa shape index (κ2) is 5.72. The summed E-state index contributed by atoms with van der Waals surface area (Å²) in [6.45, 7) is 10.8. The summed E-state index contributed by atoms with van der Waals surface area (Å²) in [6.07, 6.45) is 2.80. The zero-order chi connectivity index (χ0) is 10.6. The fourth-order valence-corrected chi connectivity index (χ4v) is 2.49. The van der Waals surface area contributed by atoms with Crippen molar-refractivity contribution in [2.24, 2.45) is 11.8 Å². The maximum absolute atomic E-state index is 3.26. The molecule has 0 bridgehead atoms. The zero-order valence-corrected chi connectivity index (χ0v) is 10.2. The van der Waals surface area contributed by atoms with E-state index in [1.165, 1.54) is 25.9 Å². The van der Waals surface area contributed by atoms with E-state index >= 15 is 0 Å². The van der Waals surface area contributed by atoms with E-state index in [2.05, 4.69) is 31.0 Å². The maximum atomic E-state index is 3.26. The van der Waals surface area contributed by atoms with E-state index in [0.29, 0.717) is 0 Å². The van der Waals surface area contributed by atoms with Crippen LogP contribution in [0.15, 0.2) is 0 Å². The van der Waals surface area contributed by atoms with Crippen LogP contribution in [-0.4, -0.2) is 37.6 Å². The third-order valence-electron chi connectivity index (χ3n) is 3.60. The first-order chi connectivity index (χ1) is 6.65. The van der Waals surface area contributed by atoms with Crippen LogP contribution in [0.25, 0.3) is 0 Å². The molecule has 0 spiro atoms. The van der Waals surface area contributed by atoms with Gasteiger partial charge in [0, 0.05) is 12.6 Å². The third kappa shape index (κ3) is 3.25. The van der Waals surface area contributed by atoms with Crippen molar-refractivity contribution in [1.29, 1.82) is 0 Å². The molecule has 1 heterocycles. The van der Waals surface area contributed by atoms with Gasteiger partial charge in [-0.1, -0.05) is 13.8 Å². The number of hydrogen-bond donors (Lipinski definition) is 1. The maximum Gasteiger partial charge on any atom is 0.00926 e. The summed E-state index contributed by atoms with van der Waals surface area (Å²) in [5.41, 5.74) is 0. The molecule has 0 aromatic heterocycles. The largest absolute Gasteiger partial charge is 0.319 e. The minimum Gasteiger partial charge on any atom is -0.319 e. The standard InChI is InChI=1S/C12H26N2/c1-10(8-13-4)9-14-7-5-6-11(2)12(14)3/h10-13H,5-9H2,1-4H3.